The zero-order valence-corrected chi connectivity index (χ0v) is 14.4. The fourth-order valence-corrected chi connectivity index (χ4v) is 3.86. The highest BCUT2D eigenvalue weighted by Gasteiger charge is 2.34. The molecule has 1 aliphatic rings. The van der Waals surface area contributed by atoms with Gasteiger partial charge in [-0.05, 0) is 20.3 Å². The van der Waals surface area contributed by atoms with Crippen molar-refractivity contribution in [1.29, 1.82) is 0 Å². The van der Waals surface area contributed by atoms with Gasteiger partial charge < -0.3 is 9.47 Å². The first-order valence-corrected chi connectivity index (χ1v) is 9.09. The molecule has 2 rings (SSSR count). The van der Waals surface area contributed by atoms with Crippen LogP contribution in [0.15, 0.2) is 0 Å². The van der Waals surface area contributed by atoms with E-state index in [1.54, 1.807) is 0 Å². The summed E-state index contributed by atoms with van der Waals surface area (Å²) < 4.78 is 38.9. The monoisotopic (exact) mass is 331 g/mol. The summed E-state index contributed by atoms with van der Waals surface area (Å²) in [5, 5.41) is 4.42. The van der Waals surface area contributed by atoms with E-state index in [9.17, 15) is 8.42 Å². The number of nitrogens with zero attached hydrogens (tertiary/aromatic N) is 2. The summed E-state index contributed by atoms with van der Waals surface area (Å²) in [7, 11) is 0.0931. The number of sulfonamides is 1. The van der Waals surface area contributed by atoms with Gasteiger partial charge in [-0.2, -0.15) is 5.10 Å². The molecule has 126 valence electrons. The number of hydrogen-bond acceptors (Lipinski definition) is 5. The van der Waals surface area contributed by atoms with E-state index in [0.29, 0.717) is 13.2 Å². The minimum Gasteiger partial charge on any atom is -0.384 e. The van der Waals surface area contributed by atoms with Crippen molar-refractivity contribution < 1.29 is 17.9 Å². The van der Waals surface area contributed by atoms with Crippen molar-refractivity contribution in [3.63, 3.8) is 0 Å². The standard InChI is InChI=1S/C14H25N3O4S/c1-10-13(11(2)17(3)16-10)14-12(5-6-21-14)9-15-22(18,19)8-7-20-4/h12,14-15H,5-9H2,1-4H3/t12-,14+/m1/s1. The molecule has 1 aromatic heterocycles. The Kier molecular flexibility index (Phi) is 5.60. The average Bonchev–Trinajstić information content (AvgIpc) is 3.00. The lowest BCUT2D eigenvalue weighted by atomic mass is 9.94. The Morgan fingerprint density at radius 2 is 2.18 bits per heavy atom. The summed E-state index contributed by atoms with van der Waals surface area (Å²) >= 11 is 0. The summed E-state index contributed by atoms with van der Waals surface area (Å²) in [6.07, 6.45) is 0.740. The highest BCUT2D eigenvalue weighted by Crippen LogP contribution is 2.37. The van der Waals surface area contributed by atoms with Gasteiger partial charge in [0.05, 0.1) is 24.2 Å². The van der Waals surface area contributed by atoms with E-state index in [4.69, 9.17) is 9.47 Å². The predicted octanol–water partition coefficient (Wildman–Crippen LogP) is 0.680. The zero-order chi connectivity index (χ0) is 16.3. The first-order valence-electron chi connectivity index (χ1n) is 7.43. The third-order valence-corrected chi connectivity index (χ3v) is 5.50. The minimum atomic E-state index is -3.30. The molecule has 0 spiro atoms. The Bertz CT molecular complexity index is 612. The molecular formula is C14H25N3O4S. The van der Waals surface area contributed by atoms with Gasteiger partial charge in [0.2, 0.25) is 10.0 Å². The number of methoxy groups -OCH3 is 1. The van der Waals surface area contributed by atoms with Crippen LogP contribution in [0.5, 0.6) is 0 Å². The maximum atomic E-state index is 11.9. The van der Waals surface area contributed by atoms with Crippen LogP contribution in [-0.4, -0.2) is 50.8 Å². The molecule has 1 fully saturated rings. The van der Waals surface area contributed by atoms with Crippen molar-refractivity contribution >= 4 is 10.0 Å². The summed E-state index contributed by atoms with van der Waals surface area (Å²) in [4.78, 5) is 0. The minimum absolute atomic E-state index is 0.0211. The summed E-state index contributed by atoms with van der Waals surface area (Å²) in [6.45, 7) is 5.19. The van der Waals surface area contributed by atoms with Crippen LogP contribution in [0, 0.1) is 19.8 Å². The van der Waals surface area contributed by atoms with Crippen molar-refractivity contribution in [3.8, 4) is 0 Å². The number of ether oxygens (including phenoxy) is 2. The summed E-state index contributed by atoms with van der Waals surface area (Å²) in [5.41, 5.74) is 3.09. The molecule has 1 N–H and O–H groups in total. The molecule has 2 atom stereocenters. The van der Waals surface area contributed by atoms with Crippen LogP contribution in [0.4, 0.5) is 0 Å². The Morgan fingerprint density at radius 1 is 1.45 bits per heavy atom. The third kappa shape index (κ3) is 3.87. The molecule has 22 heavy (non-hydrogen) atoms. The quantitative estimate of drug-likeness (QED) is 0.794. The Balaban J connectivity index is 2.05. The molecule has 8 heteroatoms. The van der Waals surface area contributed by atoms with Gasteiger partial charge in [0.1, 0.15) is 0 Å². The highest BCUT2D eigenvalue weighted by molar-refractivity contribution is 7.89. The molecule has 2 heterocycles. The van der Waals surface area contributed by atoms with Crippen molar-refractivity contribution in [2.45, 2.75) is 26.4 Å². The smallest absolute Gasteiger partial charge is 0.213 e. The first kappa shape index (κ1) is 17.4. The molecule has 0 aliphatic carbocycles. The van der Waals surface area contributed by atoms with Crippen LogP contribution in [0.25, 0.3) is 0 Å². The fraction of sp³-hybridized carbons (Fsp3) is 0.786. The van der Waals surface area contributed by atoms with E-state index >= 15 is 0 Å². The number of aromatic nitrogens is 2. The summed E-state index contributed by atoms with van der Waals surface area (Å²) in [6, 6.07) is 0. The van der Waals surface area contributed by atoms with Crippen molar-refractivity contribution in [3.05, 3.63) is 17.0 Å². The van der Waals surface area contributed by atoms with Crippen LogP contribution in [0.3, 0.4) is 0 Å². The lowest BCUT2D eigenvalue weighted by Gasteiger charge is -2.19. The second-order valence-corrected chi connectivity index (χ2v) is 7.63. The highest BCUT2D eigenvalue weighted by atomic mass is 32.2. The van der Waals surface area contributed by atoms with E-state index < -0.39 is 10.0 Å². The molecule has 1 aromatic rings. The topological polar surface area (TPSA) is 82.5 Å². The number of hydrogen-bond donors (Lipinski definition) is 1. The van der Waals surface area contributed by atoms with Crippen molar-refractivity contribution in [2.24, 2.45) is 13.0 Å². The lowest BCUT2D eigenvalue weighted by Crippen LogP contribution is -2.33. The van der Waals surface area contributed by atoms with Gasteiger partial charge in [0.15, 0.2) is 0 Å². The van der Waals surface area contributed by atoms with Gasteiger partial charge in [0, 0.05) is 44.5 Å². The number of aryl methyl sites for hydroxylation is 2. The van der Waals surface area contributed by atoms with Gasteiger partial charge in [-0.15, -0.1) is 0 Å². The fourth-order valence-electron chi connectivity index (χ4n) is 2.86. The number of rotatable bonds is 7. The van der Waals surface area contributed by atoms with Gasteiger partial charge in [-0.25, -0.2) is 13.1 Å². The molecule has 1 aliphatic heterocycles. The first-order chi connectivity index (χ1) is 10.4. The molecule has 0 unspecified atom stereocenters. The maximum absolute atomic E-state index is 11.9. The van der Waals surface area contributed by atoms with E-state index in [1.807, 2.05) is 25.6 Å². The molecule has 0 bridgehead atoms. The largest absolute Gasteiger partial charge is 0.384 e. The molecular weight excluding hydrogens is 306 g/mol. The van der Waals surface area contributed by atoms with Crippen molar-refractivity contribution in [1.82, 2.24) is 14.5 Å². The normalized spacial score (nSPS) is 22.4. The van der Waals surface area contributed by atoms with Gasteiger partial charge in [-0.3, -0.25) is 4.68 Å². The van der Waals surface area contributed by atoms with E-state index in [-0.39, 0.29) is 24.4 Å². The van der Waals surface area contributed by atoms with Crippen LogP contribution >= 0.6 is 0 Å². The van der Waals surface area contributed by atoms with E-state index in [0.717, 1.165) is 23.4 Å². The van der Waals surface area contributed by atoms with E-state index in [1.165, 1.54) is 7.11 Å². The van der Waals surface area contributed by atoms with E-state index in [2.05, 4.69) is 9.82 Å². The van der Waals surface area contributed by atoms with Gasteiger partial charge in [-0.1, -0.05) is 0 Å². The van der Waals surface area contributed by atoms with Gasteiger partial charge in [0.25, 0.3) is 0 Å². The molecule has 0 radical (unpaired) electrons. The maximum Gasteiger partial charge on any atom is 0.213 e. The third-order valence-electron chi connectivity index (χ3n) is 4.19. The van der Waals surface area contributed by atoms with Crippen LogP contribution < -0.4 is 4.72 Å². The zero-order valence-electron chi connectivity index (χ0n) is 13.6. The van der Waals surface area contributed by atoms with Crippen molar-refractivity contribution in [2.75, 3.05) is 32.6 Å². The second-order valence-electron chi connectivity index (χ2n) is 5.71. The Morgan fingerprint density at radius 3 is 2.77 bits per heavy atom. The summed E-state index contributed by atoms with van der Waals surface area (Å²) in [5.74, 6) is 0.103. The average molecular weight is 331 g/mol. The Hall–Kier alpha value is -0.960. The number of nitrogens with one attached hydrogen (secondary N) is 1. The van der Waals surface area contributed by atoms with Crippen LogP contribution in [0.1, 0.15) is 29.5 Å². The predicted molar refractivity (Wildman–Crippen MR) is 83.1 cm³/mol. The molecule has 7 nitrogen and oxygen atoms in total. The Labute approximate surface area is 132 Å². The lowest BCUT2D eigenvalue weighted by molar-refractivity contribution is 0.0906. The molecule has 0 saturated carbocycles. The van der Waals surface area contributed by atoms with Gasteiger partial charge >= 0.3 is 0 Å². The van der Waals surface area contributed by atoms with Crippen LogP contribution in [0.2, 0.25) is 0 Å². The SMILES string of the molecule is COCCS(=O)(=O)NC[C@H]1CCO[C@@H]1c1c(C)nn(C)c1C. The second kappa shape index (κ2) is 7.08. The molecule has 0 aromatic carbocycles. The molecule has 1 saturated heterocycles. The van der Waals surface area contributed by atoms with Crippen LogP contribution in [-0.2, 0) is 26.5 Å². The molecule has 0 amide bonds.